The first-order valence-corrected chi connectivity index (χ1v) is 5.02. The Kier molecular flexibility index (Phi) is 4.70. The predicted molar refractivity (Wildman–Crippen MR) is 56.2 cm³/mol. The third kappa shape index (κ3) is 3.52. The molecule has 80 valence electrons. The maximum Gasteiger partial charge on any atom is 0.120 e. The molecular weight excluding hydrogens is 178 g/mol. The van der Waals surface area contributed by atoms with Crippen LogP contribution in [0.3, 0.4) is 0 Å². The Morgan fingerprint density at radius 2 is 2.29 bits per heavy atom. The van der Waals surface area contributed by atoms with Gasteiger partial charge >= 0.3 is 0 Å². The van der Waals surface area contributed by atoms with Crippen molar-refractivity contribution in [3.8, 4) is 0 Å². The Bertz CT molecular complexity index is 233. The maximum absolute atomic E-state index is 5.31. The minimum absolute atomic E-state index is 0.261. The Labute approximate surface area is 85.4 Å². The predicted octanol–water partition coefficient (Wildman–Crippen LogP) is 2.36. The van der Waals surface area contributed by atoms with Gasteiger partial charge in [0.2, 0.25) is 0 Å². The van der Waals surface area contributed by atoms with Crippen LogP contribution in [0.2, 0.25) is 0 Å². The van der Waals surface area contributed by atoms with Gasteiger partial charge in [0.15, 0.2) is 0 Å². The molecule has 0 saturated heterocycles. The normalized spacial score (nSPS) is 15.4. The van der Waals surface area contributed by atoms with Gasteiger partial charge in [-0.25, -0.2) is 0 Å². The summed E-state index contributed by atoms with van der Waals surface area (Å²) in [5.74, 6) is 0.981. The Morgan fingerprint density at radius 1 is 1.50 bits per heavy atom. The van der Waals surface area contributed by atoms with Crippen molar-refractivity contribution in [2.75, 3.05) is 13.7 Å². The van der Waals surface area contributed by atoms with Crippen molar-refractivity contribution in [2.24, 2.45) is 0 Å². The minimum atomic E-state index is 0.261. The molecule has 0 aliphatic rings. The number of hydrogen-bond donors (Lipinski definition) is 1. The average molecular weight is 197 g/mol. The van der Waals surface area contributed by atoms with Gasteiger partial charge in [-0.15, -0.1) is 0 Å². The van der Waals surface area contributed by atoms with E-state index in [0.29, 0.717) is 6.04 Å². The molecule has 2 atom stereocenters. The van der Waals surface area contributed by atoms with E-state index in [9.17, 15) is 0 Å². The summed E-state index contributed by atoms with van der Waals surface area (Å²) in [4.78, 5) is 0. The van der Waals surface area contributed by atoms with Gasteiger partial charge in [0.05, 0.1) is 12.3 Å². The van der Waals surface area contributed by atoms with Gasteiger partial charge in [-0.2, -0.15) is 0 Å². The highest BCUT2D eigenvalue weighted by Gasteiger charge is 2.10. The van der Waals surface area contributed by atoms with E-state index < -0.39 is 0 Å². The summed E-state index contributed by atoms with van der Waals surface area (Å²) in [5, 5.41) is 3.44. The van der Waals surface area contributed by atoms with E-state index in [1.54, 1.807) is 13.4 Å². The summed E-state index contributed by atoms with van der Waals surface area (Å²) in [6.45, 7) is 5.04. The van der Waals surface area contributed by atoms with Crippen LogP contribution >= 0.6 is 0 Å². The monoisotopic (exact) mass is 197 g/mol. The van der Waals surface area contributed by atoms with E-state index in [-0.39, 0.29) is 6.04 Å². The van der Waals surface area contributed by atoms with Crippen molar-refractivity contribution in [2.45, 2.75) is 32.4 Å². The van der Waals surface area contributed by atoms with Gasteiger partial charge in [-0.1, -0.05) is 0 Å². The SMILES string of the molecule is COCCC(C)N[C@H](C)c1ccco1. The highest BCUT2D eigenvalue weighted by atomic mass is 16.5. The molecule has 1 heterocycles. The van der Waals surface area contributed by atoms with Crippen LogP contribution in [-0.2, 0) is 4.74 Å². The molecule has 0 aromatic carbocycles. The molecule has 0 saturated carbocycles. The van der Waals surface area contributed by atoms with Crippen LogP contribution in [0.15, 0.2) is 22.8 Å². The van der Waals surface area contributed by atoms with Crippen molar-refractivity contribution in [1.82, 2.24) is 5.32 Å². The quantitative estimate of drug-likeness (QED) is 0.760. The van der Waals surface area contributed by atoms with Gasteiger partial charge in [-0.3, -0.25) is 0 Å². The van der Waals surface area contributed by atoms with E-state index in [2.05, 4.69) is 19.2 Å². The second kappa shape index (κ2) is 5.83. The number of hydrogen-bond acceptors (Lipinski definition) is 3. The lowest BCUT2D eigenvalue weighted by Crippen LogP contribution is -2.29. The van der Waals surface area contributed by atoms with Crippen molar-refractivity contribution < 1.29 is 9.15 Å². The molecule has 0 aliphatic carbocycles. The Morgan fingerprint density at radius 3 is 2.86 bits per heavy atom. The van der Waals surface area contributed by atoms with E-state index in [1.807, 2.05) is 12.1 Å². The van der Waals surface area contributed by atoms with Gasteiger partial charge < -0.3 is 14.5 Å². The Balaban J connectivity index is 2.29. The Hall–Kier alpha value is -0.800. The lowest BCUT2D eigenvalue weighted by atomic mass is 10.2. The fourth-order valence-corrected chi connectivity index (χ4v) is 1.42. The number of furan rings is 1. The molecule has 0 aliphatic heterocycles. The molecule has 3 nitrogen and oxygen atoms in total. The first-order valence-electron chi connectivity index (χ1n) is 5.02. The number of rotatable bonds is 6. The highest BCUT2D eigenvalue weighted by Crippen LogP contribution is 2.13. The third-order valence-corrected chi connectivity index (χ3v) is 2.26. The lowest BCUT2D eigenvalue weighted by molar-refractivity contribution is 0.182. The molecule has 1 rings (SSSR count). The number of nitrogens with one attached hydrogen (secondary N) is 1. The second-order valence-corrected chi connectivity index (χ2v) is 3.59. The largest absolute Gasteiger partial charge is 0.468 e. The molecule has 0 fully saturated rings. The van der Waals surface area contributed by atoms with Gasteiger partial charge in [0.1, 0.15) is 5.76 Å². The van der Waals surface area contributed by atoms with Crippen molar-refractivity contribution in [3.05, 3.63) is 24.2 Å². The van der Waals surface area contributed by atoms with Crippen molar-refractivity contribution >= 4 is 0 Å². The van der Waals surface area contributed by atoms with Crippen LogP contribution < -0.4 is 5.32 Å². The standard InChI is InChI=1S/C11H19NO2/c1-9(6-8-13-3)12-10(2)11-5-4-7-14-11/h4-5,7,9-10,12H,6,8H2,1-3H3/t9?,10-/m1/s1. The summed E-state index contributed by atoms with van der Waals surface area (Å²) in [5.41, 5.74) is 0. The molecule has 0 bridgehead atoms. The summed E-state index contributed by atoms with van der Waals surface area (Å²) in [6, 6.07) is 4.60. The van der Waals surface area contributed by atoms with Gasteiger partial charge in [0.25, 0.3) is 0 Å². The lowest BCUT2D eigenvalue weighted by Gasteiger charge is -2.17. The van der Waals surface area contributed by atoms with E-state index in [1.165, 1.54) is 0 Å². The summed E-state index contributed by atoms with van der Waals surface area (Å²) in [7, 11) is 1.72. The molecule has 0 amide bonds. The van der Waals surface area contributed by atoms with Crippen LogP contribution in [0.4, 0.5) is 0 Å². The van der Waals surface area contributed by atoms with E-state index in [0.717, 1.165) is 18.8 Å². The minimum Gasteiger partial charge on any atom is -0.468 e. The van der Waals surface area contributed by atoms with Gasteiger partial charge in [-0.05, 0) is 32.4 Å². The second-order valence-electron chi connectivity index (χ2n) is 3.59. The molecule has 1 N–H and O–H groups in total. The molecule has 14 heavy (non-hydrogen) atoms. The van der Waals surface area contributed by atoms with Gasteiger partial charge in [0, 0.05) is 19.8 Å². The molecule has 0 spiro atoms. The molecule has 1 aromatic heterocycles. The zero-order valence-electron chi connectivity index (χ0n) is 9.12. The van der Waals surface area contributed by atoms with Crippen molar-refractivity contribution in [3.63, 3.8) is 0 Å². The fraction of sp³-hybridized carbons (Fsp3) is 0.636. The third-order valence-electron chi connectivity index (χ3n) is 2.26. The van der Waals surface area contributed by atoms with E-state index >= 15 is 0 Å². The highest BCUT2D eigenvalue weighted by molar-refractivity contribution is 5.03. The van der Waals surface area contributed by atoms with Crippen LogP contribution in [0, 0.1) is 0 Å². The molecule has 0 radical (unpaired) electrons. The molecule has 1 unspecified atom stereocenters. The molecule has 1 aromatic rings. The molecular formula is C11H19NO2. The maximum atomic E-state index is 5.31. The van der Waals surface area contributed by atoms with Crippen molar-refractivity contribution in [1.29, 1.82) is 0 Å². The summed E-state index contributed by atoms with van der Waals surface area (Å²) >= 11 is 0. The topological polar surface area (TPSA) is 34.4 Å². The smallest absolute Gasteiger partial charge is 0.120 e. The zero-order chi connectivity index (χ0) is 10.4. The van der Waals surface area contributed by atoms with Crippen LogP contribution in [-0.4, -0.2) is 19.8 Å². The average Bonchev–Trinajstić information content (AvgIpc) is 2.67. The zero-order valence-corrected chi connectivity index (χ0v) is 9.12. The first kappa shape index (κ1) is 11.3. The van der Waals surface area contributed by atoms with Crippen LogP contribution in [0.25, 0.3) is 0 Å². The summed E-state index contributed by atoms with van der Waals surface area (Å²) in [6.07, 6.45) is 2.72. The van der Waals surface area contributed by atoms with Crippen LogP contribution in [0.1, 0.15) is 32.1 Å². The first-order chi connectivity index (χ1) is 6.74. The van der Waals surface area contributed by atoms with E-state index in [4.69, 9.17) is 9.15 Å². The number of ether oxygens (including phenoxy) is 1. The van der Waals surface area contributed by atoms with Crippen LogP contribution in [0.5, 0.6) is 0 Å². The summed E-state index contributed by atoms with van der Waals surface area (Å²) < 4.78 is 10.3. The number of methoxy groups -OCH3 is 1. The molecule has 3 heteroatoms. The fourth-order valence-electron chi connectivity index (χ4n) is 1.42.